The SMILES string of the molecule is CCC(C)CC(NC(=O)OCC1c2ccccc2-c2ccccc21)C(=O)N1CCCC1(C)C(=O)O. The number of benzene rings is 2. The summed E-state index contributed by atoms with van der Waals surface area (Å²) in [5.74, 6) is -1.28. The van der Waals surface area contributed by atoms with Crippen LogP contribution in [0.5, 0.6) is 0 Å². The molecule has 186 valence electrons. The molecule has 0 bridgehead atoms. The molecule has 2 N–H and O–H groups in total. The van der Waals surface area contributed by atoms with E-state index in [1.165, 1.54) is 4.90 Å². The number of amides is 2. The van der Waals surface area contributed by atoms with Crippen molar-refractivity contribution in [1.82, 2.24) is 10.2 Å². The van der Waals surface area contributed by atoms with Gasteiger partial charge < -0.3 is 20.1 Å². The van der Waals surface area contributed by atoms with Gasteiger partial charge in [-0.3, -0.25) is 4.79 Å². The van der Waals surface area contributed by atoms with E-state index in [0.717, 1.165) is 28.7 Å². The molecule has 0 saturated carbocycles. The Bertz CT molecular complexity index is 1070. The lowest BCUT2D eigenvalue weighted by atomic mass is 9.95. The number of carboxylic acids is 1. The molecular formula is C28H34N2O5. The number of likely N-dealkylation sites (tertiary alicyclic amines) is 1. The van der Waals surface area contributed by atoms with Crippen LogP contribution in [0.1, 0.15) is 63.5 Å². The van der Waals surface area contributed by atoms with Crippen LogP contribution in [-0.4, -0.2) is 52.7 Å². The zero-order valence-electron chi connectivity index (χ0n) is 20.6. The molecule has 2 amide bonds. The molecule has 0 radical (unpaired) electrons. The Morgan fingerprint density at radius 3 is 2.29 bits per heavy atom. The van der Waals surface area contributed by atoms with Gasteiger partial charge in [0.05, 0.1) is 0 Å². The second-order valence-corrected chi connectivity index (χ2v) is 9.94. The lowest BCUT2D eigenvalue weighted by Gasteiger charge is -2.34. The van der Waals surface area contributed by atoms with Crippen LogP contribution in [0.2, 0.25) is 0 Å². The minimum Gasteiger partial charge on any atom is -0.480 e. The molecule has 1 heterocycles. The minimum absolute atomic E-state index is 0.0780. The number of hydrogen-bond acceptors (Lipinski definition) is 4. The number of carboxylic acid groups (broad SMARTS) is 1. The molecule has 2 aromatic rings. The number of carbonyl (C=O) groups excluding carboxylic acids is 2. The first-order valence-corrected chi connectivity index (χ1v) is 12.4. The Morgan fingerprint density at radius 2 is 1.71 bits per heavy atom. The average Bonchev–Trinajstić information content (AvgIpc) is 3.41. The second kappa shape index (κ2) is 10.1. The molecule has 0 aromatic heterocycles. The summed E-state index contributed by atoms with van der Waals surface area (Å²) in [4.78, 5) is 39.6. The van der Waals surface area contributed by atoms with Gasteiger partial charge in [0.25, 0.3) is 0 Å². The number of nitrogens with one attached hydrogen (secondary N) is 1. The van der Waals surface area contributed by atoms with Gasteiger partial charge in [-0.1, -0.05) is 68.8 Å². The molecular weight excluding hydrogens is 444 g/mol. The molecule has 1 aliphatic carbocycles. The fourth-order valence-electron chi connectivity index (χ4n) is 5.30. The highest BCUT2D eigenvalue weighted by Gasteiger charge is 2.47. The van der Waals surface area contributed by atoms with E-state index in [2.05, 4.69) is 29.6 Å². The molecule has 1 fully saturated rings. The molecule has 1 saturated heterocycles. The maximum absolute atomic E-state index is 13.4. The Labute approximate surface area is 206 Å². The minimum atomic E-state index is -1.26. The Balaban J connectivity index is 1.47. The predicted molar refractivity (Wildman–Crippen MR) is 133 cm³/mol. The summed E-state index contributed by atoms with van der Waals surface area (Å²) in [5.41, 5.74) is 3.26. The van der Waals surface area contributed by atoms with E-state index >= 15 is 0 Å². The second-order valence-electron chi connectivity index (χ2n) is 9.94. The van der Waals surface area contributed by atoms with E-state index in [1.54, 1.807) is 6.92 Å². The topological polar surface area (TPSA) is 95.9 Å². The van der Waals surface area contributed by atoms with Crippen LogP contribution in [0.15, 0.2) is 48.5 Å². The third kappa shape index (κ3) is 4.77. The van der Waals surface area contributed by atoms with Crippen molar-refractivity contribution in [1.29, 1.82) is 0 Å². The zero-order chi connectivity index (χ0) is 25.2. The maximum Gasteiger partial charge on any atom is 0.407 e. The van der Waals surface area contributed by atoms with Crippen molar-refractivity contribution in [3.63, 3.8) is 0 Å². The molecule has 1 aliphatic heterocycles. The molecule has 3 unspecified atom stereocenters. The van der Waals surface area contributed by atoms with E-state index in [-0.39, 0.29) is 24.3 Å². The first kappa shape index (κ1) is 24.8. The smallest absolute Gasteiger partial charge is 0.407 e. The number of rotatable bonds is 8. The Hall–Kier alpha value is -3.35. The summed E-state index contributed by atoms with van der Waals surface area (Å²) in [7, 11) is 0. The highest BCUT2D eigenvalue weighted by molar-refractivity contribution is 5.91. The van der Waals surface area contributed by atoms with Crippen molar-refractivity contribution >= 4 is 18.0 Å². The summed E-state index contributed by atoms with van der Waals surface area (Å²) in [5, 5.41) is 12.5. The fourth-order valence-corrected chi connectivity index (χ4v) is 5.30. The Kier molecular flexibility index (Phi) is 7.15. The van der Waals surface area contributed by atoms with Crippen molar-refractivity contribution < 1.29 is 24.2 Å². The highest BCUT2D eigenvalue weighted by atomic mass is 16.5. The number of ether oxygens (including phenoxy) is 1. The largest absolute Gasteiger partial charge is 0.480 e. The van der Waals surface area contributed by atoms with Gasteiger partial charge in [0.1, 0.15) is 18.2 Å². The monoisotopic (exact) mass is 478 g/mol. The fraction of sp³-hybridized carbons (Fsp3) is 0.464. The van der Waals surface area contributed by atoms with E-state index in [1.807, 2.05) is 38.1 Å². The molecule has 7 heteroatoms. The van der Waals surface area contributed by atoms with Crippen LogP contribution in [0.4, 0.5) is 4.79 Å². The van der Waals surface area contributed by atoms with E-state index in [9.17, 15) is 19.5 Å². The number of alkyl carbamates (subject to hydrolysis) is 1. The highest BCUT2D eigenvalue weighted by Crippen LogP contribution is 2.44. The molecule has 0 spiro atoms. The zero-order valence-corrected chi connectivity index (χ0v) is 20.6. The van der Waals surface area contributed by atoms with Crippen LogP contribution in [0, 0.1) is 5.92 Å². The molecule has 4 rings (SSSR count). The van der Waals surface area contributed by atoms with Crippen molar-refractivity contribution in [3.05, 3.63) is 59.7 Å². The summed E-state index contributed by atoms with van der Waals surface area (Å²) < 4.78 is 5.66. The standard InChI is InChI=1S/C28H34N2O5/c1-4-18(2)16-24(25(31)30-15-9-14-28(30,3)26(32)33)29-27(34)35-17-23-21-12-7-5-10-19(21)20-11-6-8-13-22(20)23/h5-8,10-13,18,23-24H,4,9,14-17H2,1-3H3,(H,29,34)(H,32,33). The van der Waals surface area contributed by atoms with Crippen LogP contribution in [0.3, 0.4) is 0 Å². The van der Waals surface area contributed by atoms with Crippen molar-refractivity contribution in [2.45, 2.75) is 64.0 Å². The quantitative estimate of drug-likeness (QED) is 0.568. The van der Waals surface area contributed by atoms with Gasteiger partial charge in [0, 0.05) is 12.5 Å². The van der Waals surface area contributed by atoms with Gasteiger partial charge in [-0.15, -0.1) is 0 Å². The van der Waals surface area contributed by atoms with Gasteiger partial charge in [-0.25, -0.2) is 9.59 Å². The van der Waals surface area contributed by atoms with Crippen LogP contribution < -0.4 is 5.32 Å². The number of aliphatic carboxylic acids is 1. The van der Waals surface area contributed by atoms with Crippen molar-refractivity contribution in [2.75, 3.05) is 13.2 Å². The summed E-state index contributed by atoms with van der Waals surface area (Å²) in [6.07, 6.45) is 1.62. The van der Waals surface area contributed by atoms with Crippen LogP contribution in [-0.2, 0) is 14.3 Å². The molecule has 2 aliphatic rings. The number of hydrogen-bond donors (Lipinski definition) is 2. The normalized spacial score (nSPS) is 20.6. The van der Waals surface area contributed by atoms with E-state index in [4.69, 9.17) is 4.74 Å². The third-order valence-corrected chi connectivity index (χ3v) is 7.64. The van der Waals surface area contributed by atoms with Gasteiger partial charge >= 0.3 is 12.1 Å². The van der Waals surface area contributed by atoms with E-state index in [0.29, 0.717) is 25.8 Å². The number of fused-ring (bicyclic) bond motifs is 3. The molecule has 7 nitrogen and oxygen atoms in total. The Morgan fingerprint density at radius 1 is 1.11 bits per heavy atom. The van der Waals surface area contributed by atoms with Crippen LogP contribution in [0.25, 0.3) is 11.1 Å². The summed E-state index contributed by atoms with van der Waals surface area (Å²) >= 11 is 0. The van der Waals surface area contributed by atoms with Gasteiger partial charge in [0.2, 0.25) is 5.91 Å². The molecule has 35 heavy (non-hydrogen) atoms. The van der Waals surface area contributed by atoms with Crippen molar-refractivity contribution in [2.24, 2.45) is 5.92 Å². The van der Waals surface area contributed by atoms with Crippen molar-refractivity contribution in [3.8, 4) is 11.1 Å². The summed E-state index contributed by atoms with van der Waals surface area (Å²) in [6, 6.07) is 15.4. The lowest BCUT2D eigenvalue weighted by molar-refractivity contribution is -0.156. The van der Waals surface area contributed by atoms with Gasteiger partial charge in [-0.05, 0) is 54.4 Å². The molecule has 3 atom stereocenters. The summed E-state index contributed by atoms with van der Waals surface area (Å²) in [6.45, 7) is 6.14. The maximum atomic E-state index is 13.4. The third-order valence-electron chi connectivity index (χ3n) is 7.64. The van der Waals surface area contributed by atoms with Crippen LogP contribution >= 0.6 is 0 Å². The number of carbonyl (C=O) groups is 3. The van der Waals surface area contributed by atoms with E-state index < -0.39 is 23.6 Å². The number of nitrogens with zero attached hydrogens (tertiary/aromatic N) is 1. The van der Waals surface area contributed by atoms with Gasteiger partial charge in [-0.2, -0.15) is 0 Å². The molecule has 2 aromatic carbocycles. The van der Waals surface area contributed by atoms with Gasteiger partial charge in [0.15, 0.2) is 0 Å². The first-order chi connectivity index (χ1) is 16.8. The average molecular weight is 479 g/mol. The lowest BCUT2D eigenvalue weighted by Crippen LogP contribution is -2.57. The predicted octanol–water partition coefficient (Wildman–Crippen LogP) is 4.80. The first-order valence-electron chi connectivity index (χ1n) is 12.4.